The fourth-order valence-electron chi connectivity index (χ4n) is 3.95. The van der Waals surface area contributed by atoms with Gasteiger partial charge in [-0.15, -0.1) is 0 Å². The average Bonchev–Trinajstić information content (AvgIpc) is 2.78. The Morgan fingerprint density at radius 2 is 1.55 bits per heavy atom. The number of amides is 1. The van der Waals surface area contributed by atoms with Crippen LogP contribution in [-0.4, -0.2) is 23.9 Å². The highest BCUT2D eigenvalue weighted by Gasteiger charge is 2.16. The smallest absolute Gasteiger partial charge is 0.255 e. The van der Waals surface area contributed by atoms with Gasteiger partial charge in [-0.25, -0.2) is 0 Å². The molecule has 3 nitrogen and oxygen atoms in total. The number of rotatable bonds is 5. The Morgan fingerprint density at radius 1 is 0.871 bits per heavy atom. The summed E-state index contributed by atoms with van der Waals surface area (Å²) in [5.41, 5.74) is 4.55. The first-order valence-corrected chi connectivity index (χ1v) is 11.5. The Balaban J connectivity index is 1.63. The molecule has 1 saturated heterocycles. The van der Waals surface area contributed by atoms with Crippen LogP contribution in [0.4, 0.5) is 5.69 Å². The maximum Gasteiger partial charge on any atom is 0.255 e. The standard InChI is InChI=1S/C25H23Cl3N2O/c26-22-14-20(15-23(27)24(22)28)29-25(31)18-9-10-21(17-7-3-1-4-8-17)19(13-18)16-30-11-5-2-6-12-30/h1,3-4,7-10,13-15H,2,5-6,11-12,16H2,(H,29,31). The number of halogens is 3. The van der Waals surface area contributed by atoms with Crippen LogP contribution in [0.2, 0.25) is 15.1 Å². The summed E-state index contributed by atoms with van der Waals surface area (Å²) in [5, 5.41) is 3.75. The van der Waals surface area contributed by atoms with Gasteiger partial charge >= 0.3 is 0 Å². The van der Waals surface area contributed by atoms with Crippen LogP contribution >= 0.6 is 34.8 Å². The van der Waals surface area contributed by atoms with Crippen LogP contribution < -0.4 is 5.32 Å². The first-order valence-electron chi connectivity index (χ1n) is 10.4. The lowest BCUT2D eigenvalue weighted by molar-refractivity contribution is 0.102. The highest BCUT2D eigenvalue weighted by atomic mass is 35.5. The molecule has 0 atom stereocenters. The zero-order chi connectivity index (χ0) is 21.8. The van der Waals surface area contributed by atoms with E-state index in [4.69, 9.17) is 34.8 Å². The molecule has 1 amide bonds. The van der Waals surface area contributed by atoms with Gasteiger partial charge in [0.1, 0.15) is 0 Å². The number of benzene rings is 3. The van der Waals surface area contributed by atoms with Crippen molar-refractivity contribution in [3.8, 4) is 11.1 Å². The fourth-order valence-corrected chi connectivity index (χ4v) is 4.55. The average molecular weight is 474 g/mol. The molecule has 0 aliphatic carbocycles. The molecule has 0 unspecified atom stereocenters. The number of anilines is 1. The fraction of sp³-hybridized carbons (Fsp3) is 0.240. The van der Waals surface area contributed by atoms with E-state index in [1.54, 1.807) is 12.1 Å². The van der Waals surface area contributed by atoms with Gasteiger partial charge in [-0.1, -0.05) is 77.6 Å². The number of hydrogen-bond acceptors (Lipinski definition) is 2. The minimum Gasteiger partial charge on any atom is -0.322 e. The second kappa shape index (κ2) is 10.1. The molecule has 3 aromatic carbocycles. The van der Waals surface area contributed by atoms with E-state index in [9.17, 15) is 4.79 Å². The van der Waals surface area contributed by atoms with E-state index in [1.165, 1.54) is 19.3 Å². The molecule has 0 aromatic heterocycles. The lowest BCUT2D eigenvalue weighted by atomic mass is 9.96. The summed E-state index contributed by atoms with van der Waals surface area (Å²) >= 11 is 18.2. The quantitative estimate of drug-likeness (QED) is 0.388. The normalized spacial score (nSPS) is 14.4. The van der Waals surface area contributed by atoms with Gasteiger partial charge in [0.05, 0.1) is 15.1 Å². The van der Waals surface area contributed by atoms with E-state index in [0.717, 1.165) is 36.3 Å². The summed E-state index contributed by atoms with van der Waals surface area (Å²) < 4.78 is 0. The van der Waals surface area contributed by atoms with Crippen molar-refractivity contribution >= 4 is 46.4 Å². The zero-order valence-electron chi connectivity index (χ0n) is 17.0. The van der Waals surface area contributed by atoms with E-state index in [0.29, 0.717) is 21.3 Å². The molecular formula is C25H23Cl3N2O. The second-order valence-electron chi connectivity index (χ2n) is 7.78. The Hall–Kier alpha value is -2.04. The maximum absolute atomic E-state index is 13.0. The molecule has 160 valence electrons. The van der Waals surface area contributed by atoms with E-state index in [-0.39, 0.29) is 10.9 Å². The van der Waals surface area contributed by atoms with Gasteiger partial charge in [0, 0.05) is 17.8 Å². The van der Waals surface area contributed by atoms with Crippen molar-refractivity contribution in [3.63, 3.8) is 0 Å². The largest absolute Gasteiger partial charge is 0.322 e. The van der Waals surface area contributed by atoms with Crippen molar-refractivity contribution < 1.29 is 4.79 Å². The molecule has 0 saturated carbocycles. The molecule has 1 fully saturated rings. The van der Waals surface area contributed by atoms with E-state index in [2.05, 4.69) is 22.3 Å². The molecule has 0 spiro atoms. The van der Waals surface area contributed by atoms with Gasteiger partial charge in [-0.2, -0.15) is 0 Å². The van der Waals surface area contributed by atoms with Crippen molar-refractivity contribution in [1.29, 1.82) is 0 Å². The van der Waals surface area contributed by atoms with Crippen LogP contribution in [0, 0.1) is 0 Å². The highest BCUT2D eigenvalue weighted by Crippen LogP contribution is 2.33. The number of nitrogens with one attached hydrogen (secondary N) is 1. The van der Waals surface area contributed by atoms with Crippen molar-refractivity contribution in [2.24, 2.45) is 0 Å². The van der Waals surface area contributed by atoms with Crippen molar-refractivity contribution in [2.45, 2.75) is 25.8 Å². The topological polar surface area (TPSA) is 32.3 Å². The van der Waals surface area contributed by atoms with Crippen molar-refractivity contribution in [3.05, 3.63) is 86.9 Å². The Kier molecular flexibility index (Phi) is 7.19. The molecule has 1 aliphatic heterocycles. The van der Waals surface area contributed by atoms with Crippen molar-refractivity contribution in [1.82, 2.24) is 4.90 Å². The third-order valence-electron chi connectivity index (χ3n) is 5.54. The van der Waals surface area contributed by atoms with Gasteiger partial charge in [0.15, 0.2) is 0 Å². The van der Waals surface area contributed by atoms with Crippen LogP contribution in [0.15, 0.2) is 60.7 Å². The summed E-state index contributed by atoms with van der Waals surface area (Å²) in [6.45, 7) is 3.00. The zero-order valence-corrected chi connectivity index (χ0v) is 19.3. The number of hydrogen-bond donors (Lipinski definition) is 1. The molecular weight excluding hydrogens is 451 g/mol. The Bertz CT molecular complexity index is 1060. The summed E-state index contributed by atoms with van der Waals surface area (Å²) in [5.74, 6) is -0.214. The predicted molar refractivity (Wildman–Crippen MR) is 130 cm³/mol. The predicted octanol–water partition coefficient (Wildman–Crippen LogP) is 7.55. The van der Waals surface area contributed by atoms with Crippen LogP contribution in [-0.2, 0) is 6.54 Å². The number of carbonyl (C=O) groups excluding carboxylic acids is 1. The summed E-state index contributed by atoms with van der Waals surface area (Å²) in [7, 11) is 0. The molecule has 4 rings (SSSR count). The van der Waals surface area contributed by atoms with E-state index in [1.807, 2.05) is 36.4 Å². The molecule has 0 radical (unpaired) electrons. The number of piperidine rings is 1. The molecule has 1 N–H and O–H groups in total. The lowest BCUT2D eigenvalue weighted by Gasteiger charge is -2.27. The first kappa shape index (κ1) is 22.2. The van der Waals surface area contributed by atoms with Crippen LogP contribution in [0.3, 0.4) is 0 Å². The molecule has 3 aromatic rings. The highest BCUT2D eigenvalue weighted by molar-refractivity contribution is 6.48. The van der Waals surface area contributed by atoms with Gasteiger partial charge in [-0.3, -0.25) is 9.69 Å². The second-order valence-corrected chi connectivity index (χ2v) is 8.98. The van der Waals surface area contributed by atoms with Crippen LogP contribution in [0.1, 0.15) is 35.2 Å². The Labute approximate surface area is 197 Å². The molecule has 1 heterocycles. The maximum atomic E-state index is 13.0. The molecule has 6 heteroatoms. The van der Waals surface area contributed by atoms with Gasteiger partial charge in [0.2, 0.25) is 0 Å². The molecule has 0 bridgehead atoms. The monoisotopic (exact) mass is 472 g/mol. The number of carbonyl (C=O) groups is 1. The third-order valence-corrected chi connectivity index (χ3v) is 6.73. The van der Waals surface area contributed by atoms with E-state index >= 15 is 0 Å². The summed E-state index contributed by atoms with van der Waals surface area (Å²) in [6, 6.07) is 19.4. The van der Waals surface area contributed by atoms with Gasteiger partial charge in [0.25, 0.3) is 5.91 Å². The summed E-state index contributed by atoms with van der Waals surface area (Å²) in [4.78, 5) is 15.4. The molecule has 31 heavy (non-hydrogen) atoms. The number of likely N-dealkylation sites (tertiary alicyclic amines) is 1. The van der Waals surface area contributed by atoms with Crippen LogP contribution in [0.5, 0.6) is 0 Å². The van der Waals surface area contributed by atoms with E-state index < -0.39 is 0 Å². The SMILES string of the molecule is O=C(Nc1cc(Cl)c(Cl)c(Cl)c1)c1ccc(-c2ccccc2)c(CN2CCCCC2)c1. The Morgan fingerprint density at radius 3 is 2.23 bits per heavy atom. The molecule has 1 aliphatic rings. The van der Waals surface area contributed by atoms with Gasteiger partial charge in [-0.05, 0) is 66.9 Å². The summed E-state index contributed by atoms with van der Waals surface area (Å²) in [6.07, 6.45) is 3.73. The van der Waals surface area contributed by atoms with Gasteiger partial charge < -0.3 is 5.32 Å². The van der Waals surface area contributed by atoms with Crippen LogP contribution in [0.25, 0.3) is 11.1 Å². The minimum atomic E-state index is -0.214. The number of nitrogens with zero attached hydrogens (tertiary/aromatic N) is 1. The third kappa shape index (κ3) is 5.42. The minimum absolute atomic E-state index is 0.214. The van der Waals surface area contributed by atoms with Crippen molar-refractivity contribution in [2.75, 3.05) is 18.4 Å². The first-order chi connectivity index (χ1) is 15.0. The lowest BCUT2D eigenvalue weighted by Crippen LogP contribution is -2.29.